The lowest BCUT2D eigenvalue weighted by atomic mass is 9.63. The van der Waals surface area contributed by atoms with E-state index >= 15 is 0 Å². The highest BCUT2D eigenvalue weighted by Gasteiger charge is 2.50. The van der Waals surface area contributed by atoms with Gasteiger partial charge in [-0.15, -0.1) is 0 Å². The number of hydrogen-bond donors (Lipinski definition) is 1. The Bertz CT molecular complexity index is 1800. The van der Waals surface area contributed by atoms with E-state index in [1.165, 1.54) is 11.1 Å². The number of anilines is 1. The van der Waals surface area contributed by atoms with E-state index < -0.39 is 15.3 Å². The molecule has 0 radical (unpaired) electrons. The van der Waals surface area contributed by atoms with Crippen LogP contribution in [0.5, 0.6) is 5.75 Å². The van der Waals surface area contributed by atoms with Gasteiger partial charge in [0.15, 0.2) is 0 Å². The molecule has 2 aromatic rings. The zero-order chi connectivity index (χ0) is 37.5. The fourth-order valence-corrected chi connectivity index (χ4v) is 11.6. The molecule has 8 nitrogen and oxygen atoms in total. The maximum absolute atomic E-state index is 14.1. The van der Waals surface area contributed by atoms with E-state index in [1.54, 1.807) is 6.07 Å². The molecule has 3 aliphatic heterocycles. The molecule has 10 heteroatoms. The molecule has 0 aromatic heterocycles. The summed E-state index contributed by atoms with van der Waals surface area (Å²) in [5, 5.41) is 0.443. The zero-order valence-electron chi connectivity index (χ0n) is 32.6. The molecule has 53 heavy (non-hydrogen) atoms. The number of fused-ring (bicyclic) bond motifs is 4. The van der Waals surface area contributed by atoms with Crippen LogP contribution in [0.1, 0.15) is 87.7 Å². The first-order chi connectivity index (χ1) is 25.3. The first-order valence-electron chi connectivity index (χ1n) is 20.0. The molecule has 2 bridgehead atoms. The molecule has 2 aliphatic carbocycles. The summed E-state index contributed by atoms with van der Waals surface area (Å²) in [4.78, 5) is 21.6. The van der Waals surface area contributed by atoms with Crippen molar-refractivity contribution < 1.29 is 18.5 Å². The molecule has 2 fully saturated rings. The van der Waals surface area contributed by atoms with Gasteiger partial charge in [0.05, 0.1) is 22.0 Å². The van der Waals surface area contributed by atoms with Crippen molar-refractivity contribution in [1.82, 2.24) is 14.5 Å². The molecule has 5 aliphatic rings. The molecule has 1 N–H and O–H groups in total. The number of methoxy groups -OCH3 is 1. The molecule has 1 amide bonds. The van der Waals surface area contributed by atoms with E-state index in [9.17, 15) is 9.00 Å². The van der Waals surface area contributed by atoms with Crippen molar-refractivity contribution in [2.24, 2.45) is 17.8 Å². The van der Waals surface area contributed by atoms with E-state index in [1.807, 2.05) is 32.2 Å². The first kappa shape index (κ1) is 38.7. The molecule has 3 heterocycles. The number of rotatable bonds is 4. The maximum Gasteiger partial charge on any atom is 0.262 e. The quantitative estimate of drug-likeness (QED) is 0.266. The summed E-state index contributed by atoms with van der Waals surface area (Å²) < 4.78 is 30.5. The molecular weight excluding hydrogens is 704 g/mol. The topological polar surface area (TPSA) is 74.4 Å². The smallest absolute Gasteiger partial charge is 0.262 e. The van der Waals surface area contributed by atoms with Crippen molar-refractivity contribution in [3.05, 3.63) is 70.3 Å². The second kappa shape index (κ2) is 15.5. The van der Waals surface area contributed by atoms with Gasteiger partial charge in [-0.3, -0.25) is 19.3 Å². The Hall–Kier alpha value is -2.56. The standard InChI is InChI=1S/C43H61ClN4O4S/c1-30(2)47-21-9-20-46(22-23-47)28-43(51-5)19-7-10-31(3)32(4)53(6,50)45-41(49)34-13-17-40-39(25-34)48(26-35-12-15-38(35)43)27-42(29-52-40)18-8-11-33-24-36(44)14-16-37(33)42/h7,13-14,16-17,19,24-25,30-32,35,38H,6,8-12,15,18,20-23,26-29H2,1-5H3,(H,45,49,50)/b19-7+/t31-,32+,35-,38+,42-,43-,53?/m0/s1. The maximum atomic E-state index is 14.1. The monoisotopic (exact) mass is 764 g/mol. The lowest BCUT2D eigenvalue weighted by molar-refractivity contribution is -0.0911. The summed E-state index contributed by atoms with van der Waals surface area (Å²) in [6, 6.07) is 12.6. The normalized spacial score (nSPS) is 34.9. The van der Waals surface area contributed by atoms with Gasteiger partial charge >= 0.3 is 0 Å². The predicted octanol–water partition coefficient (Wildman–Crippen LogP) is 6.99. The van der Waals surface area contributed by atoms with Crippen LogP contribution in [0.2, 0.25) is 5.02 Å². The lowest BCUT2D eigenvalue weighted by Gasteiger charge is -2.51. The van der Waals surface area contributed by atoms with Gasteiger partial charge in [0.25, 0.3) is 5.91 Å². The number of nitrogens with one attached hydrogen (secondary N) is 1. The average molecular weight is 766 g/mol. The van der Waals surface area contributed by atoms with E-state index in [2.05, 4.69) is 70.3 Å². The zero-order valence-corrected chi connectivity index (χ0v) is 34.2. The minimum absolute atomic E-state index is 0.0364. The minimum atomic E-state index is -2.95. The van der Waals surface area contributed by atoms with Crippen LogP contribution in [0.3, 0.4) is 0 Å². The largest absolute Gasteiger partial charge is 0.490 e. The van der Waals surface area contributed by atoms with Crippen molar-refractivity contribution in [1.29, 1.82) is 0 Å². The molecule has 7 atom stereocenters. The van der Waals surface area contributed by atoms with Crippen LogP contribution in [0.25, 0.3) is 0 Å². The Labute approximate surface area is 323 Å². The van der Waals surface area contributed by atoms with Crippen LogP contribution >= 0.6 is 11.6 Å². The van der Waals surface area contributed by atoms with Crippen molar-refractivity contribution in [2.75, 3.05) is 64.4 Å². The molecule has 2 aromatic carbocycles. The average Bonchev–Trinajstić information content (AvgIpc) is 3.44. The third-order valence-electron chi connectivity index (χ3n) is 13.6. The number of allylic oxidation sites excluding steroid dienone is 1. The number of ether oxygens (including phenoxy) is 2. The summed E-state index contributed by atoms with van der Waals surface area (Å²) in [7, 11) is -1.05. The van der Waals surface area contributed by atoms with Crippen LogP contribution in [-0.2, 0) is 26.3 Å². The van der Waals surface area contributed by atoms with E-state index in [4.69, 9.17) is 21.1 Å². The van der Waals surface area contributed by atoms with Crippen molar-refractivity contribution in [3.8, 4) is 5.75 Å². The van der Waals surface area contributed by atoms with Gasteiger partial charge in [0.2, 0.25) is 0 Å². The van der Waals surface area contributed by atoms with E-state index in [0.29, 0.717) is 30.0 Å². The Morgan fingerprint density at radius 2 is 1.92 bits per heavy atom. The summed E-state index contributed by atoms with van der Waals surface area (Å²) in [6.07, 6.45) is 11.8. The van der Waals surface area contributed by atoms with E-state index in [-0.39, 0.29) is 22.5 Å². The number of hydrogen-bond acceptors (Lipinski definition) is 7. The number of nitrogens with zero attached hydrogens (tertiary/aromatic N) is 3. The van der Waals surface area contributed by atoms with Crippen LogP contribution < -0.4 is 14.4 Å². The van der Waals surface area contributed by atoms with Crippen molar-refractivity contribution >= 4 is 38.8 Å². The highest BCUT2D eigenvalue weighted by atomic mass is 35.5. The number of amides is 1. The van der Waals surface area contributed by atoms with Gasteiger partial charge in [0.1, 0.15) is 11.4 Å². The molecule has 1 saturated carbocycles. The Kier molecular flexibility index (Phi) is 11.3. The summed E-state index contributed by atoms with van der Waals surface area (Å²) in [6.45, 7) is 15.9. The molecule has 7 rings (SSSR count). The molecule has 1 unspecified atom stereocenters. The van der Waals surface area contributed by atoms with Crippen LogP contribution in [-0.4, -0.2) is 102 Å². The van der Waals surface area contributed by atoms with Gasteiger partial charge in [0, 0.05) is 67.1 Å². The van der Waals surface area contributed by atoms with Crippen LogP contribution in [0.4, 0.5) is 5.69 Å². The number of aryl methyl sites for hydroxylation is 1. The Morgan fingerprint density at radius 1 is 1.09 bits per heavy atom. The predicted molar refractivity (Wildman–Crippen MR) is 219 cm³/mol. The highest BCUT2D eigenvalue weighted by molar-refractivity contribution is 7.99. The SMILES string of the molecule is C=S1(=O)NC(=O)c2ccc3c(c2)N(C[C@@H]2CC[C@H]2[C@](CN2CCCN(C(C)C)CC2)(OC)/C=C/C[C@H](C)[C@H]1C)C[C@@]1(CCCc2cc(Cl)ccc21)CO3. The second-order valence-electron chi connectivity index (χ2n) is 17.1. The fraction of sp³-hybridized carbons (Fsp3) is 0.628. The molecule has 1 saturated heterocycles. The van der Waals surface area contributed by atoms with Gasteiger partial charge in [-0.25, -0.2) is 4.21 Å². The molecule has 290 valence electrons. The number of halogens is 1. The molecular formula is C43H61ClN4O4S. The first-order valence-corrected chi connectivity index (χ1v) is 22.2. The summed E-state index contributed by atoms with van der Waals surface area (Å²) in [5.41, 5.74) is 3.33. The van der Waals surface area contributed by atoms with Gasteiger partial charge < -0.3 is 14.4 Å². The van der Waals surface area contributed by atoms with Crippen molar-refractivity contribution in [3.63, 3.8) is 0 Å². The number of carbonyl (C=O) groups is 1. The fourth-order valence-electron chi connectivity index (χ4n) is 9.92. The molecule has 1 spiro atoms. The minimum Gasteiger partial charge on any atom is -0.490 e. The van der Waals surface area contributed by atoms with Gasteiger partial charge in [-0.1, -0.05) is 36.7 Å². The third kappa shape index (κ3) is 7.80. The summed E-state index contributed by atoms with van der Waals surface area (Å²) >= 11 is 6.53. The van der Waals surface area contributed by atoms with Crippen LogP contribution in [0, 0.1) is 17.8 Å². The highest BCUT2D eigenvalue weighted by Crippen LogP contribution is 2.49. The van der Waals surface area contributed by atoms with Crippen LogP contribution in [0.15, 0.2) is 48.6 Å². The van der Waals surface area contributed by atoms with Gasteiger partial charge in [-0.05, 0) is 144 Å². The number of carbonyl (C=O) groups excluding carboxylic acids is 1. The van der Waals surface area contributed by atoms with Crippen molar-refractivity contribution in [2.45, 2.75) is 94.9 Å². The summed E-state index contributed by atoms with van der Waals surface area (Å²) in [5.74, 6) is 5.25. The number of benzene rings is 2. The second-order valence-corrected chi connectivity index (χ2v) is 20.0. The Morgan fingerprint density at radius 3 is 2.68 bits per heavy atom. The van der Waals surface area contributed by atoms with E-state index in [0.717, 1.165) is 107 Å². The van der Waals surface area contributed by atoms with Gasteiger partial charge in [-0.2, -0.15) is 0 Å². The third-order valence-corrected chi connectivity index (χ3v) is 16.0. The Balaban J connectivity index is 1.29. The lowest BCUT2D eigenvalue weighted by Crippen LogP contribution is -2.57.